The molecule has 2 aliphatic rings. The zero-order valence-corrected chi connectivity index (χ0v) is 12.7. The van der Waals surface area contributed by atoms with Gasteiger partial charge in [-0.25, -0.2) is 9.59 Å². The monoisotopic (exact) mass is 299 g/mol. The summed E-state index contributed by atoms with van der Waals surface area (Å²) in [6, 6.07) is -0.873. The van der Waals surface area contributed by atoms with Gasteiger partial charge < -0.3 is 20.0 Å². The van der Waals surface area contributed by atoms with Crippen molar-refractivity contribution in [3.8, 4) is 0 Å². The molecule has 1 unspecified atom stereocenters. The van der Waals surface area contributed by atoms with Crippen molar-refractivity contribution in [3.63, 3.8) is 0 Å². The van der Waals surface area contributed by atoms with Gasteiger partial charge >= 0.3 is 12.0 Å². The number of likely N-dealkylation sites (tertiary alicyclic amines) is 2. The van der Waals surface area contributed by atoms with E-state index < -0.39 is 18.1 Å². The lowest BCUT2D eigenvalue weighted by molar-refractivity contribution is -0.141. The van der Waals surface area contributed by atoms with Gasteiger partial charge in [-0.1, -0.05) is 6.92 Å². The summed E-state index contributed by atoms with van der Waals surface area (Å²) in [6.07, 6.45) is 1.57. The van der Waals surface area contributed by atoms with Crippen molar-refractivity contribution >= 4 is 12.0 Å². The predicted octanol–water partition coefficient (Wildman–Crippen LogP) is 0.0423. The molecule has 0 aromatic heterocycles. The Morgan fingerprint density at radius 1 is 1.38 bits per heavy atom. The fourth-order valence-electron chi connectivity index (χ4n) is 3.39. The number of nitrogens with zero attached hydrogens (tertiary/aromatic N) is 3. The molecule has 0 aromatic rings. The van der Waals surface area contributed by atoms with E-state index in [4.69, 9.17) is 5.11 Å². The van der Waals surface area contributed by atoms with E-state index in [2.05, 4.69) is 11.8 Å². The Balaban J connectivity index is 1.97. The van der Waals surface area contributed by atoms with Crippen molar-refractivity contribution in [2.75, 3.05) is 33.2 Å². The molecular weight excluding hydrogens is 274 g/mol. The molecule has 7 nitrogen and oxygen atoms in total. The minimum Gasteiger partial charge on any atom is -0.480 e. The summed E-state index contributed by atoms with van der Waals surface area (Å²) in [5.41, 5.74) is 0. The molecule has 0 spiro atoms. The first-order valence-corrected chi connectivity index (χ1v) is 7.60. The van der Waals surface area contributed by atoms with Gasteiger partial charge in [-0.3, -0.25) is 4.90 Å². The number of carboxylic acid groups (broad SMARTS) is 1. The lowest BCUT2D eigenvalue weighted by Gasteiger charge is -2.31. The Morgan fingerprint density at radius 3 is 2.71 bits per heavy atom. The Morgan fingerprint density at radius 2 is 2.10 bits per heavy atom. The van der Waals surface area contributed by atoms with Gasteiger partial charge in [-0.15, -0.1) is 0 Å². The van der Waals surface area contributed by atoms with Crippen LogP contribution < -0.4 is 0 Å². The zero-order valence-electron chi connectivity index (χ0n) is 12.7. The number of hydrogen-bond donors (Lipinski definition) is 2. The normalized spacial score (nSPS) is 29.9. The Hall–Kier alpha value is -1.34. The average molecular weight is 299 g/mol. The standard InChI is InChI=1S/C14H25N3O4/c1-3-16-6-4-5-10(16)8-15(2)14(21)17-9-11(18)7-12(17)13(19)20/h10-12,18H,3-9H2,1-2H3,(H,19,20)/t10?,11-,12-/m0/s1. The van der Waals surface area contributed by atoms with Crippen LogP contribution in [0.3, 0.4) is 0 Å². The van der Waals surface area contributed by atoms with Gasteiger partial charge in [0.1, 0.15) is 6.04 Å². The van der Waals surface area contributed by atoms with E-state index in [0.717, 1.165) is 25.9 Å². The number of carbonyl (C=O) groups is 2. The number of β-amino-alcohol motifs (C(OH)–C–C–N with tert-alkyl or cyclic N) is 1. The maximum atomic E-state index is 12.4. The molecular formula is C14H25N3O4. The molecule has 0 bridgehead atoms. The second-order valence-electron chi connectivity index (χ2n) is 5.98. The lowest BCUT2D eigenvalue weighted by Crippen LogP contribution is -2.50. The molecule has 0 aromatic carbocycles. The third kappa shape index (κ3) is 3.47. The van der Waals surface area contributed by atoms with Crippen LogP contribution in [-0.2, 0) is 4.79 Å². The molecule has 2 rings (SSSR count). The van der Waals surface area contributed by atoms with Crippen molar-refractivity contribution in [2.45, 2.75) is 44.4 Å². The van der Waals surface area contributed by atoms with Gasteiger partial charge in [-0.2, -0.15) is 0 Å². The van der Waals surface area contributed by atoms with Gasteiger partial charge in [0, 0.05) is 32.6 Å². The number of carbonyl (C=O) groups excluding carboxylic acids is 1. The van der Waals surface area contributed by atoms with Crippen LogP contribution in [-0.4, -0.2) is 88.3 Å². The first-order chi connectivity index (χ1) is 9.93. The maximum absolute atomic E-state index is 12.4. The lowest BCUT2D eigenvalue weighted by atomic mass is 10.2. The van der Waals surface area contributed by atoms with Crippen molar-refractivity contribution in [1.82, 2.24) is 14.7 Å². The van der Waals surface area contributed by atoms with Crippen LogP contribution in [0.1, 0.15) is 26.2 Å². The van der Waals surface area contributed by atoms with E-state index in [1.807, 2.05) is 0 Å². The average Bonchev–Trinajstić information content (AvgIpc) is 3.03. The van der Waals surface area contributed by atoms with E-state index in [1.54, 1.807) is 11.9 Å². The number of hydrogen-bond acceptors (Lipinski definition) is 4. The van der Waals surface area contributed by atoms with Crippen LogP contribution >= 0.6 is 0 Å². The molecule has 0 aliphatic carbocycles. The van der Waals surface area contributed by atoms with Gasteiger partial charge in [0.2, 0.25) is 0 Å². The van der Waals surface area contributed by atoms with E-state index in [0.29, 0.717) is 12.6 Å². The van der Waals surface area contributed by atoms with Crippen molar-refractivity contribution in [3.05, 3.63) is 0 Å². The molecule has 120 valence electrons. The van der Waals surface area contributed by atoms with Crippen LogP contribution in [0.5, 0.6) is 0 Å². The third-order valence-electron chi connectivity index (χ3n) is 4.53. The summed E-state index contributed by atoms with van der Waals surface area (Å²) in [6.45, 7) is 4.83. The van der Waals surface area contributed by atoms with Gasteiger partial charge in [0.25, 0.3) is 0 Å². The van der Waals surface area contributed by atoms with E-state index in [9.17, 15) is 14.7 Å². The highest BCUT2D eigenvalue weighted by Crippen LogP contribution is 2.22. The molecule has 7 heteroatoms. The molecule has 0 radical (unpaired) electrons. The van der Waals surface area contributed by atoms with E-state index >= 15 is 0 Å². The first-order valence-electron chi connectivity index (χ1n) is 7.60. The largest absolute Gasteiger partial charge is 0.480 e. The number of carboxylic acids is 1. The molecule has 2 saturated heterocycles. The van der Waals surface area contributed by atoms with Crippen molar-refractivity contribution in [1.29, 1.82) is 0 Å². The summed E-state index contributed by atoms with van der Waals surface area (Å²) >= 11 is 0. The van der Waals surface area contributed by atoms with E-state index in [1.165, 1.54) is 4.90 Å². The molecule has 3 atom stereocenters. The highest BCUT2D eigenvalue weighted by atomic mass is 16.4. The van der Waals surface area contributed by atoms with Crippen LogP contribution in [0.4, 0.5) is 4.79 Å². The highest BCUT2D eigenvalue weighted by molar-refractivity contribution is 5.83. The van der Waals surface area contributed by atoms with Crippen LogP contribution in [0.15, 0.2) is 0 Å². The maximum Gasteiger partial charge on any atom is 0.326 e. The number of aliphatic carboxylic acids is 1. The highest BCUT2D eigenvalue weighted by Gasteiger charge is 2.40. The summed E-state index contributed by atoms with van der Waals surface area (Å²) in [7, 11) is 1.71. The van der Waals surface area contributed by atoms with E-state index in [-0.39, 0.29) is 19.0 Å². The number of aliphatic hydroxyl groups excluding tert-OH is 1. The zero-order chi connectivity index (χ0) is 15.6. The third-order valence-corrected chi connectivity index (χ3v) is 4.53. The smallest absolute Gasteiger partial charge is 0.326 e. The summed E-state index contributed by atoms with van der Waals surface area (Å²) in [5, 5.41) is 18.8. The summed E-state index contributed by atoms with van der Waals surface area (Å²) < 4.78 is 0. The van der Waals surface area contributed by atoms with Gasteiger partial charge in [0.05, 0.1) is 6.10 Å². The van der Waals surface area contributed by atoms with Crippen molar-refractivity contribution < 1.29 is 19.8 Å². The summed E-state index contributed by atoms with van der Waals surface area (Å²) in [4.78, 5) is 28.9. The minimum absolute atomic E-state index is 0.0995. The van der Waals surface area contributed by atoms with Gasteiger partial charge in [-0.05, 0) is 25.9 Å². The van der Waals surface area contributed by atoms with Gasteiger partial charge in [0.15, 0.2) is 0 Å². The molecule has 2 fully saturated rings. The quantitative estimate of drug-likeness (QED) is 0.766. The van der Waals surface area contributed by atoms with Crippen molar-refractivity contribution in [2.24, 2.45) is 0 Å². The number of urea groups is 1. The van der Waals surface area contributed by atoms with Crippen LogP contribution in [0, 0.1) is 0 Å². The van der Waals surface area contributed by atoms with Crippen LogP contribution in [0.25, 0.3) is 0 Å². The number of rotatable bonds is 4. The fourth-order valence-corrected chi connectivity index (χ4v) is 3.39. The second kappa shape index (κ2) is 6.62. The molecule has 2 heterocycles. The Kier molecular flexibility index (Phi) is 5.05. The predicted molar refractivity (Wildman–Crippen MR) is 77.0 cm³/mol. The second-order valence-corrected chi connectivity index (χ2v) is 5.98. The number of aliphatic hydroxyl groups is 1. The van der Waals surface area contributed by atoms with Crippen LogP contribution in [0.2, 0.25) is 0 Å². The summed E-state index contributed by atoms with van der Waals surface area (Å²) in [5.74, 6) is -1.05. The Labute approximate surface area is 125 Å². The SMILES string of the molecule is CCN1CCCC1CN(C)C(=O)N1C[C@@H](O)C[C@H]1C(=O)O. The minimum atomic E-state index is -1.05. The molecule has 0 saturated carbocycles. The molecule has 2 N–H and O–H groups in total. The fraction of sp³-hybridized carbons (Fsp3) is 0.857. The molecule has 2 aliphatic heterocycles. The topological polar surface area (TPSA) is 84.3 Å². The number of likely N-dealkylation sites (N-methyl/N-ethyl adjacent to an activating group) is 2. The number of amides is 2. The Bertz CT molecular complexity index is 404. The molecule has 21 heavy (non-hydrogen) atoms. The first kappa shape index (κ1) is 16.0. The molecule has 2 amide bonds.